The fraction of sp³-hybridized carbons (Fsp3) is 0.292. The van der Waals surface area contributed by atoms with Crippen molar-refractivity contribution >= 4 is 23.6 Å². The van der Waals surface area contributed by atoms with Crippen LogP contribution in [0.3, 0.4) is 0 Å². The average molecular weight is 421 g/mol. The zero-order chi connectivity index (χ0) is 22.4. The average Bonchev–Trinajstić information content (AvgIpc) is 3.60. The van der Waals surface area contributed by atoms with Gasteiger partial charge in [0.1, 0.15) is 17.5 Å². The van der Waals surface area contributed by atoms with Crippen molar-refractivity contribution in [3.63, 3.8) is 0 Å². The number of esters is 1. The third kappa shape index (κ3) is 5.92. The van der Waals surface area contributed by atoms with Gasteiger partial charge in [-0.1, -0.05) is 30.3 Å². The minimum atomic E-state index is -0.867. The van der Waals surface area contributed by atoms with Gasteiger partial charge in [0, 0.05) is 37.9 Å². The first-order valence-electron chi connectivity index (χ1n) is 9.98. The molecule has 0 atom stereocenters. The molecule has 1 aliphatic carbocycles. The number of hydrogen-bond donors (Lipinski definition) is 0. The number of nitriles is 1. The van der Waals surface area contributed by atoms with Gasteiger partial charge in [-0.3, -0.25) is 4.79 Å². The second-order valence-electron chi connectivity index (χ2n) is 7.58. The van der Waals surface area contributed by atoms with E-state index in [1.165, 1.54) is 17.0 Å². The Morgan fingerprint density at radius 1 is 1.16 bits per heavy atom. The predicted octanol–water partition coefficient (Wildman–Crippen LogP) is 3.53. The standard InChI is InChI=1S/C24H24FN3O3/c1-27(2)20-9-7-17(8-10-20)13-19(14-26)24(30)31-16-23(29)28(21-11-12-21)15-18-5-3-4-6-22(18)25/h3-10,13,21H,11-12,15-16H2,1-2H3/b19-13+. The second-order valence-corrected chi connectivity index (χ2v) is 7.58. The molecule has 7 heteroatoms. The molecule has 1 saturated carbocycles. The molecule has 1 amide bonds. The number of carbonyl (C=O) groups excluding carboxylic acids is 2. The molecule has 1 fully saturated rings. The minimum absolute atomic E-state index is 0.0204. The van der Waals surface area contributed by atoms with Crippen LogP contribution in [-0.4, -0.2) is 43.5 Å². The van der Waals surface area contributed by atoms with Crippen molar-refractivity contribution in [3.8, 4) is 6.07 Å². The predicted molar refractivity (Wildman–Crippen MR) is 115 cm³/mol. The summed E-state index contributed by atoms with van der Waals surface area (Å²) in [6.45, 7) is -0.380. The zero-order valence-electron chi connectivity index (χ0n) is 17.5. The van der Waals surface area contributed by atoms with Crippen LogP contribution in [0.1, 0.15) is 24.0 Å². The summed E-state index contributed by atoms with van der Waals surface area (Å²) in [5.74, 6) is -1.66. The highest BCUT2D eigenvalue weighted by Gasteiger charge is 2.33. The zero-order valence-corrected chi connectivity index (χ0v) is 17.5. The van der Waals surface area contributed by atoms with Crippen molar-refractivity contribution in [2.45, 2.75) is 25.4 Å². The fourth-order valence-electron chi connectivity index (χ4n) is 3.08. The van der Waals surface area contributed by atoms with Crippen molar-refractivity contribution < 1.29 is 18.7 Å². The van der Waals surface area contributed by atoms with Gasteiger partial charge in [-0.25, -0.2) is 9.18 Å². The molecule has 0 bridgehead atoms. The highest BCUT2D eigenvalue weighted by atomic mass is 19.1. The maximum atomic E-state index is 14.0. The van der Waals surface area contributed by atoms with Gasteiger partial charge in [0.2, 0.25) is 0 Å². The van der Waals surface area contributed by atoms with Crippen LogP contribution in [0.5, 0.6) is 0 Å². The Kier molecular flexibility index (Phi) is 7.03. The summed E-state index contributed by atoms with van der Waals surface area (Å²) >= 11 is 0. The van der Waals surface area contributed by atoms with E-state index in [4.69, 9.17) is 4.74 Å². The van der Waals surface area contributed by atoms with Crippen LogP contribution in [-0.2, 0) is 20.9 Å². The third-order valence-electron chi connectivity index (χ3n) is 4.99. The maximum absolute atomic E-state index is 14.0. The molecule has 0 radical (unpaired) electrons. The first kappa shape index (κ1) is 22.0. The molecule has 1 aliphatic rings. The molecule has 31 heavy (non-hydrogen) atoms. The SMILES string of the molecule is CN(C)c1ccc(/C=C(\C#N)C(=O)OCC(=O)N(Cc2ccccc2F)C2CC2)cc1. The number of amides is 1. The summed E-state index contributed by atoms with van der Waals surface area (Å²) < 4.78 is 19.1. The molecule has 0 spiro atoms. The normalized spacial score (nSPS) is 13.3. The van der Waals surface area contributed by atoms with E-state index in [2.05, 4.69) is 0 Å². The number of rotatable bonds is 8. The largest absolute Gasteiger partial charge is 0.451 e. The number of hydrogen-bond acceptors (Lipinski definition) is 5. The lowest BCUT2D eigenvalue weighted by molar-refractivity contribution is -0.149. The van der Waals surface area contributed by atoms with Gasteiger partial charge in [-0.2, -0.15) is 5.26 Å². The fourth-order valence-corrected chi connectivity index (χ4v) is 3.08. The number of halogens is 1. The monoisotopic (exact) mass is 421 g/mol. The molecule has 3 rings (SSSR count). The number of carbonyl (C=O) groups is 2. The van der Waals surface area contributed by atoms with Crippen LogP contribution in [0.25, 0.3) is 6.08 Å². The third-order valence-corrected chi connectivity index (χ3v) is 4.99. The van der Waals surface area contributed by atoms with E-state index in [0.717, 1.165) is 18.5 Å². The molecule has 0 unspecified atom stereocenters. The van der Waals surface area contributed by atoms with Crippen molar-refractivity contribution in [1.82, 2.24) is 4.90 Å². The molecule has 160 valence electrons. The van der Waals surface area contributed by atoms with Crippen LogP contribution in [0.4, 0.5) is 10.1 Å². The van der Waals surface area contributed by atoms with Crippen molar-refractivity contribution in [2.75, 3.05) is 25.6 Å². The minimum Gasteiger partial charge on any atom is -0.451 e. The number of nitrogens with zero attached hydrogens (tertiary/aromatic N) is 3. The Labute approximate surface area is 181 Å². The van der Waals surface area contributed by atoms with E-state index in [1.807, 2.05) is 37.2 Å². The maximum Gasteiger partial charge on any atom is 0.349 e. The van der Waals surface area contributed by atoms with Crippen molar-refractivity contribution in [2.24, 2.45) is 0 Å². The van der Waals surface area contributed by atoms with Crippen LogP contribution in [0.15, 0.2) is 54.1 Å². The number of ether oxygens (including phenoxy) is 1. The first-order chi connectivity index (χ1) is 14.9. The van der Waals surface area contributed by atoms with Crippen molar-refractivity contribution in [1.29, 1.82) is 5.26 Å². The molecule has 0 saturated heterocycles. The summed E-state index contributed by atoms with van der Waals surface area (Å²) in [5, 5.41) is 9.33. The lowest BCUT2D eigenvalue weighted by Crippen LogP contribution is -2.36. The summed E-state index contributed by atoms with van der Waals surface area (Å²) in [7, 11) is 3.83. The number of anilines is 1. The molecule has 0 heterocycles. The Morgan fingerprint density at radius 3 is 2.42 bits per heavy atom. The molecule has 2 aromatic rings. The van der Waals surface area contributed by atoms with Gasteiger partial charge in [-0.15, -0.1) is 0 Å². The van der Waals surface area contributed by atoms with Gasteiger partial charge < -0.3 is 14.5 Å². The Hall–Kier alpha value is -3.66. The Balaban J connectivity index is 1.62. The van der Waals surface area contributed by atoms with E-state index in [1.54, 1.807) is 30.3 Å². The molecule has 2 aromatic carbocycles. The van der Waals surface area contributed by atoms with E-state index in [-0.39, 0.29) is 24.0 Å². The van der Waals surface area contributed by atoms with Crippen LogP contribution in [0.2, 0.25) is 0 Å². The second kappa shape index (κ2) is 9.90. The molecule has 0 aromatic heterocycles. The lowest BCUT2D eigenvalue weighted by atomic mass is 10.1. The Morgan fingerprint density at radius 2 is 1.84 bits per heavy atom. The molecular weight excluding hydrogens is 397 g/mol. The van der Waals surface area contributed by atoms with Gasteiger partial charge in [0.05, 0.1) is 0 Å². The van der Waals surface area contributed by atoms with Gasteiger partial charge in [-0.05, 0) is 42.7 Å². The lowest BCUT2D eigenvalue weighted by Gasteiger charge is -2.22. The van der Waals surface area contributed by atoms with Gasteiger partial charge >= 0.3 is 5.97 Å². The summed E-state index contributed by atoms with van der Waals surface area (Å²) in [4.78, 5) is 28.4. The Bertz CT molecular complexity index is 1020. The summed E-state index contributed by atoms with van der Waals surface area (Å²) in [6, 6.07) is 15.4. The van der Waals surface area contributed by atoms with Crippen LogP contribution < -0.4 is 4.90 Å². The quantitative estimate of drug-likeness (QED) is 0.370. The molecule has 0 aliphatic heterocycles. The molecule has 0 N–H and O–H groups in total. The van der Waals surface area contributed by atoms with E-state index in [9.17, 15) is 19.2 Å². The summed E-state index contributed by atoms with van der Waals surface area (Å²) in [5.41, 5.74) is 1.87. The number of benzene rings is 2. The van der Waals surface area contributed by atoms with Crippen molar-refractivity contribution in [3.05, 3.63) is 71.0 Å². The van der Waals surface area contributed by atoms with E-state index >= 15 is 0 Å². The van der Waals surface area contributed by atoms with Crippen LogP contribution in [0, 0.1) is 17.1 Å². The molecule has 6 nitrogen and oxygen atoms in total. The highest BCUT2D eigenvalue weighted by molar-refractivity contribution is 5.98. The first-order valence-corrected chi connectivity index (χ1v) is 9.98. The van der Waals surface area contributed by atoms with E-state index in [0.29, 0.717) is 11.1 Å². The smallest absolute Gasteiger partial charge is 0.349 e. The highest BCUT2D eigenvalue weighted by Crippen LogP contribution is 2.29. The molecular formula is C24H24FN3O3. The van der Waals surface area contributed by atoms with Gasteiger partial charge in [0.25, 0.3) is 5.91 Å². The summed E-state index contributed by atoms with van der Waals surface area (Å²) in [6.07, 6.45) is 3.09. The van der Waals surface area contributed by atoms with Gasteiger partial charge in [0.15, 0.2) is 6.61 Å². The topological polar surface area (TPSA) is 73.6 Å². The van der Waals surface area contributed by atoms with E-state index < -0.39 is 18.5 Å². The van der Waals surface area contributed by atoms with Crippen LogP contribution >= 0.6 is 0 Å².